The van der Waals surface area contributed by atoms with Crippen LogP contribution < -0.4 is 10.1 Å². The molecule has 1 N–H and O–H groups in total. The number of hydrogen-bond donors (Lipinski definition) is 1. The Kier molecular flexibility index (Phi) is 4.61. The summed E-state index contributed by atoms with van der Waals surface area (Å²) in [4.78, 5) is 0. The van der Waals surface area contributed by atoms with Gasteiger partial charge in [-0.1, -0.05) is 34.1 Å². The molecule has 0 aliphatic rings. The number of halogens is 1. The molecule has 0 aliphatic heterocycles. The van der Waals surface area contributed by atoms with Crippen LogP contribution in [-0.2, 0) is 0 Å². The second kappa shape index (κ2) is 6.22. The van der Waals surface area contributed by atoms with Gasteiger partial charge in [-0.2, -0.15) is 0 Å². The minimum Gasteiger partial charge on any atom is -0.457 e. The zero-order chi connectivity index (χ0) is 13.8. The summed E-state index contributed by atoms with van der Waals surface area (Å²) >= 11 is 3.60. The van der Waals surface area contributed by atoms with Crippen LogP contribution >= 0.6 is 15.9 Å². The maximum atomic E-state index is 5.86. The van der Waals surface area contributed by atoms with Crippen molar-refractivity contribution in [3.8, 4) is 11.5 Å². The van der Waals surface area contributed by atoms with Gasteiger partial charge in [0.05, 0.1) is 0 Å². The third-order valence-corrected chi connectivity index (χ3v) is 3.78. The van der Waals surface area contributed by atoms with E-state index >= 15 is 0 Å². The van der Waals surface area contributed by atoms with E-state index in [-0.39, 0.29) is 0 Å². The third-order valence-electron chi connectivity index (χ3n) is 3.10. The number of nitrogens with one attached hydrogen (secondary N) is 1. The molecule has 2 nitrogen and oxygen atoms in total. The quantitative estimate of drug-likeness (QED) is 0.871. The van der Waals surface area contributed by atoms with Gasteiger partial charge in [-0.3, -0.25) is 0 Å². The van der Waals surface area contributed by atoms with Crippen molar-refractivity contribution in [3.63, 3.8) is 0 Å². The Balaban J connectivity index is 2.21. The van der Waals surface area contributed by atoms with E-state index in [1.54, 1.807) is 0 Å². The number of aryl methyl sites for hydroxylation is 1. The van der Waals surface area contributed by atoms with Gasteiger partial charge in [0.2, 0.25) is 0 Å². The minimum atomic E-state index is 0.308. The molecule has 0 aliphatic carbocycles. The Morgan fingerprint density at radius 1 is 1.11 bits per heavy atom. The predicted octanol–water partition coefficient (Wildman–Crippen LogP) is 4.83. The maximum Gasteiger partial charge on any atom is 0.128 e. The van der Waals surface area contributed by atoms with Crippen LogP contribution in [0.15, 0.2) is 46.9 Å². The maximum absolute atomic E-state index is 5.86. The van der Waals surface area contributed by atoms with Gasteiger partial charge in [0, 0.05) is 10.5 Å². The lowest BCUT2D eigenvalue weighted by Crippen LogP contribution is -2.12. The van der Waals surface area contributed by atoms with Crippen LogP contribution in [0.5, 0.6) is 11.5 Å². The highest BCUT2D eigenvalue weighted by molar-refractivity contribution is 9.10. The summed E-state index contributed by atoms with van der Waals surface area (Å²) in [5.41, 5.74) is 2.41. The molecule has 0 radical (unpaired) electrons. The first-order valence-corrected chi connectivity index (χ1v) is 7.10. The highest BCUT2D eigenvalue weighted by Crippen LogP contribution is 2.30. The molecule has 0 bridgehead atoms. The van der Waals surface area contributed by atoms with Crippen LogP contribution in [0.2, 0.25) is 0 Å². The van der Waals surface area contributed by atoms with Gasteiger partial charge < -0.3 is 10.1 Å². The van der Waals surface area contributed by atoms with Gasteiger partial charge in [0.1, 0.15) is 11.5 Å². The largest absolute Gasteiger partial charge is 0.457 e. The standard InChI is InChI=1S/C16H18BrNO/c1-11-5-4-6-13(9-11)19-14-7-8-15(12(2)18-3)16(17)10-14/h4-10,12,18H,1-3H3. The van der Waals surface area contributed by atoms with Crippen LogP contribution in [0, 0.1) is 6.92 Å². The summed E-state index contributed by atoms with van der Waals surface area (Å²) in [5, 5.41) is 3.23. The molecule has 0 aromatic heterocycles. The van der Waals surface area contributed by atoms with Crippen molar-refractivity contribution in [2.75, 3.05) is 7.05 Å². The number of benzene rings is 2. The summed E-state index contributed by atoms with van der Waals surface area (Å²) in [6.45, 7) is 4.18. The average Bonchev–Trinajstić information content (AvgIpc) is 2.38. The molecular weight excluding hydrogens is 302 g/mol. The Bertz CT molecular complexity index is 568. The van der Waals surface area contributed by atoms with Crippen molar-refractivity contribution in [2.45, 2.75) is 19.9 Å². The molecule has 2 aromatic carbocycles. The molecule has 1 atom stereocenters. The van der Waals surface area contributed by atoms with Gasteiger partial charge >= 0.3 is 0 Å². The van der Waals surface area contributed by atoms with Gasteiger partial charge in [-0.25, -0.2) is 0 Å². The minimum absolute atomic E-state index is 0.308. The third kappa shape index (κ3) is 3.58. The molecule has 0 spiro atoms. The smallest absolute Gasteiger partial charge is 0.128 e. The van der Waals surface area contributed by atoms with Crippen molar-refractivity contribution >= 4 is 15.9 Å². The molecule has 100 valence electrons. The monoisotopic (exact) mass is 319 g/mol. The number of rotatable bonds is 4. The van der Waals surface area contributed by atoms with E-state index in [9.17, 15) is 0 Å². The molecule has 0 amide bonds. The van der Waals surface area contributed by atoms with E-state index in [1.165, 1.54) is 11.1 Å². The lowest BCUT2D eigenvalue weighted by atomic mass is 10.1. The Morgan fingerprint density at radius 3 is 2.47 bits per heavy atom. The summed E-state index contributed by atoms with van der Waals surface area (Å²) in [6.07, 6.45) is 0. The van der Waals surface area contributed by atoms with Gasteiger partial charge in [-0.05, 0) is 56.3 Å². The van der Waals surface area contributed by atoms with Crippen molar-refractivity contribution < 1.29 is 4.74 Å². The van der Waals surface area contributed by atoms with E-state index in [2.05, 4.69) is 47.2 Å². The predicted molar refractivity (Wildman–Crippen MR) is 82.9 cm³/mol. The highest BCUT2D eigenvalue weighted by Gasteiger charge is 2.08. The Morgan fingerprint density at radius 2 is 1.84 bits per heavy atom. The molecule has 0 saturated carbocycles. The molecule has 1 unspecified atom stereocenters. The highest BCUT2D eigenvalue weighted by atomic mass is 79.9. The van der Waals surface area contributed by atoms with Crippen LogP contribution in [0.3, 0.4) is 0 Å². The first-order chi connectivity index (χ1) is 9.10. The van der Waals surface area contributed by atoms with Gasteiger partial charge in [0.25, 0.3) is 0 Å². The first kappa shape index (κ1) is 14.1. The number of hydrogen-bond acceptors (Lipinski definition) is 2. The summed E-state index contributed by atoms with van der Waals surface area (Å²) in [5.74, 6) is 1.70. The molecule has 2 aromatic rings. The molecule has 0 fully saturated rings. The van der Waals surface area contributed by atoms with E-state index in [0.29, 0.717) is 6.04 Å². The second-order valence-corrected chi connectivity index (χ2v) is 5.47. The zero-order valence-corrected chi connectivity index (χ0v) is 13.0. The van der Waals surface area contributed by atoms with E-state index in [0.717, 1.165) is 16.0 Å². The zero-order valence-electron chi connectivity index (χ0n) is 11.4. The molecular formula is C16H18BrNO. The fraction of sp³-hybridized carbons (Fsp3) is 0.250. The summed E-state index contributed by atoms with van der Waals surface area (Å²) < 4.78 is 6.91. The Hall–Kier alpha value is -1.32. The van der Waals surface area contributed by atoms with Gasteiger partial charge in [-0.15, -0.1) is 0 Å². The van der Waals surface area contributed by atoms with Crippen LogP contribution in [0.1, 0.15) is 24.1 Å². The fourth-order valence-corrected chi connectivity index (χ4v) is 2.59. The Labute approximate surface area is 122 Å². The van der Waals surface area contributed by atoms with E-state index < -0.39 is 0 Å². The number of ether oxygens (including phenoxy) is 1. The summed E-state index contributed by atoms with van der Waals surface area (Å²) in [6, 6.07) is 14.4. The topological polar surface area (TPSA) is 21.3 Å². The van der Waals surface area contributed by atoms with Crippen LogP contribution in [0.4, 0.5) is 0 Å². The first-order valence-electron chi connectivity index (χ1n) is 6.31. The van der Waals surface area contributed by atoms with Crippen LogP contribution in [0.25, 0.3) is 0 Å². The lowest BCUT2D eigenvalue weighted by molar-refractivity contribution is 0.481. The lowest BCUT2D eigenvalue weighted by Gasteiger charge is -2.14. The summed E-state index contributed by atoms with van der Waals surface area (Å²) in [7, 11) is 1.95. The van der Waals surface area contributed by atoms with E-state index in [1.807, 2.05) is 37.4 Å². The molecule has 2 rings (SSSR count). The molecule has 0 heterocycles. The normalized spacial score (nSPS) is 12.2. The van der Waals surface area contributed by atoms with Crippen molar-refractivity contribution in [1.29, 1.82) is 0 Å². The SMILES string of the molecule is CNC(C)c1ccc(Oc2cccc(C)c2)cc1Br. The van der Waals surface area contributed by atoms with Gasteiger partial charge in [0.15, 0.2) is 0 Å². The molecule has 3 heteroatoms. The molecule has 19 heavy (non-hydrogen) atoms. The molecule has 0 saturated heterocycles. The second-order valence-electron chi connectivity index (χ2n) is 4.61. The van der Waals surface area contributed by atoms with E-state index in [4.69, 9.17) is 4.74 Å². The fourth-order valence-electron chi connectivity index (χ4n) is 1.89. The average molecular weight is 320 g/mol. The van der Waals surface area contributed by atoms with Crippen molar-refractivity contribution in [1.82, 2.24) is 5.32 Å². The van der Waals surface area contributed by atoms with Crippen molar-refractivity contribution in [2.24, 2.45) is 0 Å². The van der Waals surface area contributed by atoms with Crippen LogP contribution in [-0.4, -0.2) is 7.05 Å². The van der Waals surface area contributed by atoms with Crippen molar-refractivity contribution in [3.05, 3.63) is 58.1 Å².